The van der Waals surface area contributed by atoms with Crippen LogP contribution in [0.15, 0.2) is 140 Å². The summed E-state index contributed by atoms with van der Waals surface area (Å²) in [5, 5.41) is 12.9. The third kappa shape index (κ3) is 2.90. The summed E-state index contributed by atoms with van der Waals surface area (Å²) in [5.74, 6) is 0. The van der Waals surface area contributed by atoms with Gasteiger partial charge in [-0.2, -0.15) is 0 Å². The Labute approximate surface area is 257 Å². The van der Waals surface area contributed by atoms with Crippen LogP contribution >= 0.6 is 0 Å². The summed E-state index contributed by atoms with van der Waals surface area (Å²) in [5.41, 5.74) is 9.54. The first kappa shape index (κ1) is 23.4. The van der Waals surface area contributed by atoms with Gasteiger partial charge < -0.3 is 4.40 Å². The first-order valence-corrected chi connectivity index (χ1v) is 15.4. The lowest BCUT2D eigenvalue weighted by Crippen LogP contribution is -1.96. The Morgan fingerprint density at radius 1 is 0.378 bits per heavy atom. The van der Waals surface area contributed by atoms with E-state index in [0.29, 0.717) is 0 Å². The second kappa shape index (κ2) is 8.31. The molecule has 206 valence electrons. The molecule has 3 nitrogen and oxygen atoms in total. The van der Waals surface area contributed by atoms with Crippen LogP contribution in [0.5, 0.6) is 0 Å². The molecule has 3 heterocycles. The van der Waals surface area contributed by atoms with Crippen LogP contribution in [-0.2, 0) is 0 Å². The molecule has 45 heavy (non-hydrogen) atoms. The fraction of sp³-hybridized carbons (Fsp3) is 0. The molecule has 11 aromatic rings. The summed E-state index contributed by atoms with van der Waals surface area (Å²) in [7, 11) is 0. The molecule has 0 radical (unpaired) electrons. The highest BCUT2D eigenvalue weighted by atomic mass is 14.9. The van der Waals surface area contributed by atoms with E-state index < -0.39 is 0 Å². The van der Waals surface area contributed by atoms with Crippen LogP contribution in [0.2, 0.25) is 0 Å². The number of fused-ring (bicyclic) bond motifs is 10. The Kier molecular flexibility index (Phi) is 4.32. The average Bonchev–Trinajstić information content (AvgIpc) is 3.63. The molecule has 0 spiro atoms. The van der Waals surface area contributed by atoms with Crippen LogP contribution in [0.3, 0.4) is 0 Å². The molecule has 0 fully saturated rings. The predicted octanol–water partition coefficient (Wildman–Crippen LogP) is 11.0. The van der Waals surface area contributed by atoms with Gasteiger partial charge in [-0.1, -0.05) is 115 Å². The maximum atomic E-state index is 5.33. The Bertz CT molecular complexity index is 2970. The molecule has 0 atom stereocenters. The number of hydrogen-bond donors (Lipinski definition) is 0. The summed E-state index contributed by atoms with van der Waals surface area (Å²) in [6.07, 6.45) is 0. The molecular formula is C42H23N3. The summed E-state index contributed by atoms with van der Waals surface area (Å²) >= 11 is 0. The van der Waals surface area contributed by atoms with Crippen LogP contribution in [0.1, 0.15) is 0 Å². The van der Waals surface area contributed by atoms with Crippen molar-refractivity contribution in [3.05, 3.63) is 140 Å². The fourth-order valence-electron chi connectivity index (χ4n) is 8.03. The highest BCUT2D eigenvalue weighted by Crippen LogP contribution is 2.50. The standard InChI is InChI=1S/C42H23N3/c1-2-11-24(12-3-1)40-41(44-34-19-8-7-18-33(34)43-40)30-17-10-16-28-32(30)23-36-39-37(28)27-15-5-4-13-25(27)29-21-22-31-26-14-6-9-20-35(26)45(36)42(31)38(29)39/h1-23H. The summed E-state index contributed by atoms with van der Waals surface area (Å²) in [6.45, 7) is 0. The van der Waals surface area contributed by atoms with Gasteiger partial charge in [-0.15, -0.1) is 0 Å². The molecule has 0 N–H and O–H groups in total. The monoisotopic (exact) mass is 569 g/mol. The van der Waals surface area contributed by atoms with Crippen molar-refractivity contribution in [1.82, 2.24) is 14.4 Å². The van der Waals surface area contributed by atoms with Gasteiger partial charge in [0.15, 0.2) is 0 Å². The van der Waals surface area contributed by atoms with Gasteiger partial charge in [0.05, 0.1) is 39.0 Å². The van der Waals surface area contributed by atoms with E-state index in [1.807, 2.05) is 18.2 Å². The van der Waals surface area contributed by atoms with Crippen molar-refractivity contribution in [2.45, 2.75) is 0 Å². The zero-order valence-corrected chi connectivity index (χ0v) is 24.1. The zero-order chi connectivity index (χ0) is 29.2. The van der Waals surface area contributed by atoms with Crippen LogP contribution in [-0.4, -0.2) is 14.4 Å². The molecule has 11 rings (SSSR count). The van der Waals surface area contributed by atoms with Gasteiger partial charge in [0.2, 0.25) is 0 Å². The molecule has 0 amide bonds. The molecule has 0 bridgehead atoms. The molecule has 0 unspecified atom stereocenters. The number of rotatable bonds is 2. The van der Waals surface area contributed by atoms with E-state index >= 15 is 0 Å². The Hall–Kier alpha value is -6.06. The molecule has 0 saturated heterocycles. The topological polar surface area (TPSA) is 30.2 Å². The highest BCUT2D eigenvalue weighted by molar-refractivity contribution is 6.42. The number of benzene rings is 8. The van der Waals surface area contributed by atoms with Crippen LogP contribution < -0.4 is 0 Å². The smallest absolute Gasteiger partial charge is 0.0979 e. The number of para-hydroxylation sites is 3. The number of hydrogen-bond acceptors (Lipinski definition) is 2. The van der Waals surface area contributed by atoms with Gasteiger partial charge in [-0.3, -0.25) is 0 Å². The van der Waals surface area contributed by atoms with Gasteiger partial charge >= 0.3 is 0 Å². The minimum absolute atomic E-state index is 0.896. The van der Waals surface area contributed by atoms with E-state index in [9.17, 15) is 0 Å². The van der Waals surface area contributed by atoms with E-state index in [1.165, 1.54) is 70.4 Å². The SMILES string of the molecule is c1ccc(-c2nc3ccccc3nc2-c2cccc3c2cc2c4c3c3ccccc3c3ccc5c6ccccc6n2c5c34)cc1. The minimum atomic E-state index is 0.896. The summed E-state index contributed by atoms with van der Waals surface area (Å²) < 4.78 is 2.51. The lowest BCUT2D eigenvalue weighted by molar-refractivity contribution is 1.30. The first-order chi connectivity index (χ1) is 22.3. The second-order valence-corrected chi connectivity index (χ2v) is 12.1. The van der Waals surface area contributed by atoms with Gasteiger partial charge in [0, 0.05) is 38.1 Å². The van der Waals surface area contributed by atoms with E-state index in [1.54, 1.807) is 0 Å². The molecule has 0 aliphatic rings. The molecule has 8 aromatic carbocycles. The minimum Gasteiger partial charge on any atom is -0.308 e. The Morgan fingerprint density at radius 2 is 1.00 bits per heavy atom. The molecular weight excluding hydrogens is 546 g/mol. The van der Waals surface area contributed by atoms with Gasteiger partial charge in [-0.25, -0.2) is 9.97 Å². The van der Waals surface area contributed by atoms with Crippen molar-refractivity contribution in [3.63, 3.8) is 0 Å². The van der Waals surface area contributed by atoms with Crippen molar-refractivity contribution in [1.29, 1.82) is 0 Å². The van der Waals surface area contributed by atoms with E-state index in [4.69, 9.17) is 9.97 Å². The zero-order valence-electron chi connectivity index (χ0n) is 24.1. The Balaban J connectivity index is 1.40. The average molecular weight is 570 g/mol. The summed E-state index contributed by atoms with van der Waals surface area (Å²) in [4.78, 5) is 10.5. The maximum Gasteiger partial charge on any atom is 0.0979 e. The summed E-state index contributed by atoms with van der Waals surface area (Å²) in [6, 6.07) is 50.1. The van der Waals surface area contributed by atoms with Crippen LogP contribution in [0.4, 0.5) is 0 Å². The van der Waals surface area contributed by atoms with Crippen molar-refractivity contribution in [3.8, 4) is 22.5 Å². The van der Waals surface area contributed by atoms with Gasteiger partial charge in [0.25, 0.3) is 0 Å². The van der Waals surface area contributed by atoms with Crippen LogP contribution in [0, 0.1) is 0 Å². The van der Waals surface area contributed by atoms with Crippen molar-refractivity contribution in [2.75, 3.05) is 0 Å². The van der Waals surface area contributed by atoms with Crippen molar-refractivity contribution < 1.29 is 0 Å². The third-order valence-corrected chi connectivity index (χ3v) is 9.85. The van der Waals surface area contributed by atoms with Crippen LogP contribution in [0.25, 0.3) is 104 Å². The molecule has 3 aromatic heterocycles. The first-order valence-electron chi connectivity index (χ1n) is 15.4. The fourth-order valence-corrected chi connectivity index (χ4v) is 8.03. The van der Waals surface area contributed by atoms with Crippen molar-refractivity contribution in [2.24, 2.45) is 0 Å². The molecule has 0 aliphatic heterocycles. The number of aromatic nitrogens is 3. The van der Waals surface area contributed by atoms with E-state index in [-0.39, 0.29) is 0 Å². The normalized spacial score (nSPS) is 12.4. The number of nitrogens with zero attached hydrogens (tertiary/aromatic N) is 3. The van der Waals surface area contributed by atoms with Gasteiger partial charge in [-0.05, 0) is 51.2 Å². The molecule has 3 heteroatoms. The third-order valence-electron chi connectivity index (χ3n) is 9.85. The largest absolute Gasteiger partial charge is 0.308 e. The Morgan fingerprint density at radius 3 is 1.84 bits per heavy atom. The maximum absolute atomic E-state index is 5.33. The van der Waals surface area contributed by atoms with E-state index in [0.717, 1.165) is 33.5 Å². The molecule has 0 aliphatic carbocycles. The predicted molar refractivity (Wildman–Crippen MR) is 189 cm³/mol. The highest BCUT2D eigenvalue weighted by Gasteiger charge is 2.25. The van der Waals surface area contributed by atoms with Crippen molar-refractivity contribution >= 4 is 81.4 Å². The second-order valence-electron chi connectivity index (χ2n) is 12.1. The lowest BCUT2D eigenvalue weighted by atomic mass is 9.88. The molecule has 0 saturated carbocycles. The lowest BCUT2D eigenvalue weighted by Gasteiger charge is -2.16. The van der Waals surface area contributed by atoms with E-state index in [2.05, 4.69) is 126 Å². The van der Waals surface area contributed by atoms with Gasteiger partial charge in [0.1, 0.15) is 0 Å². The quantitative estimate of drug-likeness (QED) is 0.194.